The molecule has 0 spiro atoms. The molecule has 0 radical (unpaired) electrons. The molecule has 0 unspecified atom stereocenters. The molecule has 3 rings (SSSR count). The average Bonchev–Trinajstić information content (AvgIpc) is 2.68. The second kappa shape index (κ2) is 10.5. The summed E-state index contributed by atoms with van der Waals surface area (Å²) >= 11 is 5.89. The summed E-state index contributed by atoms with van der Waals surface area (Å²) in [6, 6.07) is 15.9. The maximum Gasteiger partial charge on any atom is 0.242 e. The van der Waals surface area contributed by atoms with E-state index in [9.17, 15) is 4.79 Å². The molecule has 7 heteroatoms. The van der Waals surface area contributed by atoms with Crippen LogP contribution in [0.1, 0.15) is 16.7 Å². The zero-order valence-electron chi connectivity index (χ0n) is 15.2. The highest BCUT2D eigenvalue weighted by atomic mass is 127. The lowest BCUT2D eigenvalue weighted by molar-refractivity contribution is -0.130. The van der Waals surface area contributed by atoms with Gasteiger partial charge in [-0.2, -0.15) is 0 Å². The molecule has 144 valence electrons. The first-order valence-corrected chi connectivity index (χ1v) is 9.07. The predicted molar refractivity (Wildman–Crippen MR) is 121 cm³/mol. The third-order valence-corrected chi connectivity index (χ3v) is 4.74. The molecule has 0 bridgehead atoms. The van der Waals surface area contributed by atoms with E-state index in [1.165, 1.54) is 11.1 Å². The maximum atomic E-state index is 12.5. The molecular formula is C20H24ClIN4O. The number of carbonyl (C=O) groups excluding carboxylic acids is 1. The molecule has 27 heavy (non-hydrogen) atoms. The van der Waals surface area contributed by atoms with Crippen LogP contribution in [0.2, 0.25) is 5.02 Å². The quantitative estimate of drug-likeness (QED) is 0.387. The predicted octanol–water partition coefficient (Wildman–Crippen LogP) is 3.21. The first kappa shape index (κ1) is 21.5. The lowest BCUT2D eigenvalue weighted by Crippen LogP contribution is -2.45. The SMILES string of the molecule is CN=C(NCC(=O)N1CCc2ccccc2C1)NCc1ccc(Cl)cc1.I. The zero-order chi connectivity index (χ0) is 18.4. The van der Waals surface area contributed by atoms with Gasteiger partial charge in [0.25, 0.3) is 0 Å². The van der Waals surface area contributed by atoms with Crippen molar-refractivity contribution in [1.82, 2.24) is 15.5 Å². The highest BCUT2D eigenvalue weighted by molar-refractivity contribution is 14.0. The highest BCUT2D eigenvalue weighted by Gasteiger charge is 2.20. The summed E-state index contributed by atoms with van der Waals surface area (Å²) in [7, 11) is 1.69. The van der Waals surface area contributed by atoms with Crippen LogP contribution in [0.15, 0.2) is 53.5 Å². The van der Waals surface area contributed by atoms with Crippen molar-refractivity contribution in [2.24, 2.45) is 4.99 Å². The van der Waals surface area contributed by atoms with Crippen LogP contribution in [0.4, 0.5) is 0 Å². The Morgan fingerprint density at radius 3 is 2.52 bits per heavy atom. The van der Waals surface area contributed by atoms with Crippen LogP contribution >= 0.6 is 35.6 Å². The Labute approximate surface area is 182 Å². The Balaban J connectivity index is 0.00000261. The number of guanidine groups is 1. The van der Waals surface area contributed by atoms with E-state index in [-0.39, 0.29) is 36.4 Å². The summed E-state index contributed by atoms with van der Waals surface area (Å²) in [6.45, 7) is 2.27. The summed E-state index contributed by atoms with van der Waals surface area (Å²) in [4.78, 5) is 18.6. The van der Waals surface area contributed by atoms with E-state index in [1.54, 1.807) is 7.05 Å². The third kappa shape index (κ3) is 6.10. The van der Waals surface area contributed by atoms with E-state index in [0.717, 1.165) is 18.5 Å². The molecule has 0 aromatic heterocycles. The van der Waals surface area contributed by atoms with Gasteiger partial charge >= 0.3 is 0 Å². The Morgan fingerprint density at radius 2 is 1.81 bits per heavy atom. The van der Waals surface area contributed by atoms with E-state index in [1.807, 2.05) is 41.3 Å². The zero-order valence-corrected chi connectivity index (χ0v) is 18.3. The van der Waals surface area contributed by atoms with Gasteiger partial charge in [0, 0.05) is 31.7 Å². The van der Waals surface area contributed by atoms with Gasteiger partial charge in [0.1, 0.15) is 0 Å². The fraction of sp³-hybridized carbons (Fsp3) is 0.300. The van der Waals surface area contributed by atoms with Gasteiger partial charge in [0.15, 0.2) is 5.96 Å². The Hall–Kier alpha value is -1.80. The monoisotopic (exact) mass is 498 g/mol. The van der Waals surface area contributed by atoms with Crippen LogP contribution < -0.4 is 10.6 Å². The van der Waals surface area contributed by atoms with E-state index in [2.05, 4.69) is 27.8 Å². The van der Waals surface area contributed by atoms with Crippen LogP contribution in [0.25, 0.3) is 0 Å². The van der Waals surface area contributed by atoms with Crippen molar-refractivity contribution >= 4 is 47.4 Å². The number of benzene rings is 2. The Bertz CT molecular complexity index is 795. The minimum atomic E-state index is 0. The van der Waals surface area contributed by atoms with Gasteiger partial charge in [-0.05, 0) is 35.2 Å². The number of carbonyl (C=O) groups is 1. The number of halogens is 2. The van der Waals surface area contributed by atoms with Crippen LogP contribution in [-0.4, -0.2) is 36.9 Å². The Kier molecular flexibility index (Phi) is 8.37. The lowest BCUT2D eigenvalue weighted by Gasteiger charge is -2.29. The second-order valence-corrected chi connectivity index (χ2v) is 6.68. The topological polar surface area (TPSA) is 56.7 Å². The van der Waals surface area contributed by atoms with Crippen molar-refractivity contribution in [1.29, 1.82) is 0 Å². The summed E-state index contributed by atoms with van der Waals surface area (Å²) in [5.74, 6) is 0.680. The van der Waals surface area contributed by atoms with Crippen LogP contribution in [0, 0.1) is 0 Å². The smallest absolute Gasteiger partial charge is 0.242 e. The molecule has 0 fully saturated rings. The van der Waals surface area contributed by atoms with Gasteiger partial charge in [-0.3, -0.25) is 9.79 Å². The van der Waals surface area contributed by atoms with Gasteiger partial charge in [0.2, 0.25) is 5.91 Å². The molecule has 2 N–H and O–H groups in total. The number of hydrogen-bond donors (Lipinski definition) is 2. The normalized spacial score (nSPS) is 13.4. The minimum Gasteiger partial charge on any atom is -0.352 e. The molecule has 0 atom stereocenters. The highest BCUT2D eigenvalue weighted by Crippen LogP contribution is 2.18. The summed E-state index contributed by atoms with van der Waals surface area (Å²) < 4.78 is 0. The van der Waals surface area contributed by atoms with Crippen molar-refractivity contribution in [3.63, 3.8) is 0 Å². The van der Waals surface area contributed by atoms with Crippen molar-refractivity contribution in [2.75, 3.05) is 20.1 Å². The van der Waals surface area contributed by atoms with Crippen molar-refractivity contribution in [3.8, 4) is 0 Å². The average molecular weight is 499 g/mol. The van der Waals surface area contributed by atoms with Crippen molar-refractivity contribution < 1.29 is 4.79 Å². The molecule has 2 aromatic rings. The standard InChI is InChI=1S/C20H23ClN4O.HI/c1-22-20(23-12-15-6-8-18(21)9-7-15)24-13-19(26)25-11-10-16-4-2-3-5-17(16)14-25;/h2-9H,10-14H2,1H3,(H2,22,23,24);1H. The largest absolute Gasteiger partial charge is 0.352 e. The molecule has 1 amide bonds. The summed E-state index contributed by atoms with van der Waals surface area (Å²) in [5.41, 5.74) is 3.67. The molecule has 0 saturated heterocycles. The molecule has 2 aromatic carbocycles. The fourth-order valence-electron chi connectivity index (χ4n) is 2.99. The first-order chi connectivity index (χ1) is 12.7. The summed E-state index contributed by atoms with van der Waals surface area (Å²) in [5, 5.41) is 7.01. The van der Waals surface area contributed by atoms with Gasteiger partial charge in [-0.15, -0.1) is 24.0 Å². The van der Waals surface area contributed by atoms with Crippen molar-refractivity contribution in [2.45, 2.75) is 19.5 Å². The van der Waals surface area contributed by atoms with Gasteiger partial charge in [0.05, 0.1) is 6.54 Å². The van der Waals surface area contributed by atoms with E-state index >= 15 is 0 Å². The summed E-state index contributed by atoms with van der Waals surface area (Å²) in [6.07, 6.45) is 0.908. The molecule has 1 heterocycles. The number of amides is 1. The van der Waals surface area contributed by atoms with E-state index < -0.39 is 0 Å². The van der Waals surface area contributed by atoms with Crippen LogP contribution in [0.5, 0.6) is 0 Å². The molecule has 0 aliphatic carbocycles. The lowest BCUT2D eigenvalue weighted by atomic mass is 10.00. The number of hydrogen-bond acceptors (Lipinski definition) is 2. The Morgan fingerprint density at radius 1 is 1.11 bits per heavy atom. The molecule has 0 saturated carbocycles. The molecular weight excluding hydrogens is 475 g/mol. The number of aliphatic imine (C=N–C) groups is 1. The van der Waals surface area contributed by atoms with Crippen molar-refractivity contribution in [3.05, 3.63) is 70.2 Å². The minimum absolute atomic E-state index is 0. The van der Waals surface area contributed by atoms with Gasteiger partial charge < -0.3 is 15.5 Å². The number of rotatable bonds is 4. The maximum absolute atomic E-state index is 12.5. The number of nitrogens with zero attached hydrogens (tertiary/aromatic N) is 2. The first-order valence-electron chi connectivity index (χ1n) is 8.69. The molecule has 1 aliphatic heterocycles. The van der Waals surface area contributed by atoms with Crippen LogP contribution in [-0.2, 0) is 24.3 Å². The number of nitrogens with one attached hydrogen (secondary N) is 2. The molecule has 1 aliphatic rings. The van der Waals surface area contributed by atoms with Gasteiger partial charge in [-0.1, -0.05) is 48.0 Å². The molecule has 5 nitrogen and oxygen atoms in total. The fourth-order valence-corrected chi connectivity index (χ4v) is 3.11. The van der Waals surface area contributed by atoms with E-state index in [4.69, 9.17) is 11.6 Å². The van der Waals surface area contributed by atoms with E-state index in [0.29, 0.717) is 24.1 Å². The number of fused-ring (bicyclic) bond motifs is 1. The third-order valence-electron chi connectivity index (χ3n) is 4.49. The van der Waals surface area contributed by atoms with Crippen LogP contribution in [0.3, 0.4) is 0 Å². The van der Waals surface area contributed by atoms with Gasteiger partial charge in [-0.25, -0.2) is 0 Å². The second-order valence-electron chi connectivity index (χ2n) is 6.24.